The van der Waals surface area contributed by atoms with Crippen molar-refractivity contribution in [3.63, 3.8) is 0 Å². The lowest BCUT2D eigenvalue weighted by Crippen LogP contribution is -2.41. The van der Waals surface area contributed by atoms with Crippen LogP contribution in [-0.4, -0.2) is 16.1 Å². The number of nitrogens with zero attached hydrogens (tertiary/aromatic N) is 2. The Morgan fingerprint density at radius 3 is 2.05 bits per heavy atom. The Morgan fingerprint density at radius 1 is 0.619 bits per heavy atom. The quantitative estimate of drug-likeness (QED) is 0.239. The fourth-order valence-electron chi connectivity index (χ4n) is 7.19. The highest BCUT2D eigenvalue weighted by Crippen LogP contribution is 2.50. The minimum absolute atomic E-state index is 0.0832. The van der Waals surface area contributed by atoms with Crippen molar-refractivity contribution in [1.29, 1.82) is 0 Å². The van der Waals surface area contributed by atoms with Gasteiger partial charge >= 0.3 is 0 Å². The zero-order valence-corrected chi connectivity index (χ0v) is 22.9. The van der Waals surface area contributed by atoms with Gasteiger partial charge in [-0.2, -0.15) is 0 Å². The number of nitrogens with one attached hydrogen (secondary N) is 1. The minimum atomic E-state index is -0.883. The lowest BCUT2D eigenvalue weighted by molar-refractivity contribution is 0.104. The Bertz CT molecular complexity index is 2310. The largest absolute Gasteiger partial charge is 0.344 e. The molecule has 0 saturated heterocycles. The van der Waals surface area contributed by atoms with Crippen molar-refractivity contribution in [3.05, 3.63) is 150 Å². The van der Waals surface area contributed by atoms with Crippen LogP contribution in [-0.2, 0) is 5.79 Å². The van der Waals surface area contributed by atoms with Crippen molar-refractivity contribution >= 4 is 49.8 Å². The molecule has 1 N–H and O–H groups in total. The Morgan fingerprint density at radius 2 is 1.24 bits per heavy atom. The SMILES string of the molecule is CC1(n2c3ccccc3c3c4c(c5ccccc5c32)-c2ccccc2C4=O)N=C(c2ccccc2)c2ccccc2N1. The van der Waals surface area contributed by atoms with Crippen molar-refractivity contribution in [2.45, 2.75) is 12.7 Å². The van der Waals surface area contributed by atoms with E-state index in [0.29, 0.717) is 0 Å². The Labute approximate surface area is 242 Å². The molecule has 1 atom stereocenters. The van der Waals surface area contributed by atoms with Gasteiger partial charge in [0.05, 0.1) is 16.7 Å². The number of para-hydroxylation sites is 2. The van der Waals surface area contributed by atoms with Crippen LogP contribution < -0.4 is 5.32 Å². The predicted octanol–water partition coefficient (Wildman–Crippen LogP) is 8.75. The number of hydrogen-bond donors (Lipinski definition) is 1. The van der Waals surface area contributed by atoms with Crippen molar-refractivity contribution in [1.82, 2.24) is 4.57 Å². The first-order valence-corrected chi connectivity index (χ1v) is 14.3. The molecule has 7 aromatic rings. The molecule has 0 spiro atoms. The number of carbonyl (C=O) groups excluding carboxylic acids is 1. The fraction of sp³-hybridized carbons (Fsp3) is 0.0526. The zero-order valence-electron chi connectivity index (χ0n) is 22.9. The Hall–Kier alpha value is -5.48. The third-order valence-corrected chi connectivity index (χ3v) is 8.86. The van der Waals surface area contributed by atoms with Crippen LogP contribution in [0.3, 0.4) is 0 Å². The molecule has 1 aliphatic carbocycles. The topological polar surface area (TPSA) is 46.4 Å². The highest BCUT2D eigenvalue weighted by Gasteiger charge is 2.39. The van der Waals surface area contributed by atoms with E-state index in [-0.39, 0.29) is 5.78 Å². The molecular formula is C38H25N3O. The molecule has 6 aromatic carbocycles. The summed E-state index contributed by atoms with van der Waals surface area (Å²) in [6, 6.07) is 43.6. The first-order valence-electron chi connectivity index (χ1n) is 14.3. The lowest BCUT2D eigenvalue weighted by Gasteiger charge is -2.37. The zero-order chi connectivity index (χ0) is 28.0. The van der Waals surface area contributed by atoms with Gasteiger partial charge in [0.25, 0.3) is 0 Å². The molecule has 42 heavy (non-hydrogen) atoms. The number of carbonyl (C=O) groups is 1. The number of aliphatic imine (C=N–C) groups is 1. The molecule has 0 fully saturated rings. The molecule has 1 aliphatic heterocycles. The van der Waals surface area contributed by atoms with Gasteiger partial charge in [-0.25, -0.2) is 4.99 Å². The maximum atomic E-state index is 14.2. The maximum Gasteiger partial charge on any atom is 0.209 e. The monoisotopic (exact) mass is 539 g/mol. The van der Waals surface area contributed by atoms with E-state index < -0.39 is 5.79 Å². The van der Waals surface area contributed by atoms with Crippen LogP contribution >= 0.6 is 0 Å². The van der Waals surface area contributed by atoms with Crippen molar-refractivity contribution < 1.29 is 4.79 Å². The van der Waals surface area contributed by atoms with Crippen molar-refractivity contribution in [3.8, 4) is 11.1 Å². The van der Waals surface area contributed by atoms with E-state index in [4.69, 9.17) is 4.99 Å². The summed E-state index contributed by atoms with van der Waals surface area (Å²) in [7, 11) is 0. The van der Waals surface area contributed by atoms with E-state index >= 15 is 0 Å². The number of hydrogen-bond acceptors (Lipinski definition) is 3. The van der Waals surface area contributed by atoms with E-state index in [0.717, 1.165) is 77.4 Å². The summed E-state index contributed by atoms with van der Waals surface area (Å²) in [6.45, 7) is 2.14. The first-order chi connectivity index (χ1) is 20.6. The second kappa shape index (κ2) is 8.27. The summed E-state index contributed by atoms with van der Waals surface area (Å²) in [4.78, 5) is 19.7. The number of aromatic nitrogens is 1. The third kappa shape index (κ3) is 2.96. The van der Waals surface area contributed by atoms with E-state index in [1.54, 1.807) is 0 Å². The highest BCUT2D eigenvalue weighted by atomic mass is 16.1. The summed E-state index contributed by atoms with van der Waals surface area (Å²) >= 11 is 0. The van der Waals surface area contributed by atoms with Gasteiger partial charge in [-0.15, -0.1) is 0 Å². The molecule has 9 rings (SSSR count). The normalized spacial score (nSPS) is 17.2. The van der Waals surface area contributed by atoms with Crippen molar-refractivity contribution in [2.24, 2.45) is 4.99 Å². The summed E-state index contributed by atoms with van der Waals surface area (Å²) < 4.78 is 2.31. The lowest BCUT2D eigenvalue weighted by atomic mass is 9.93. The van der Waals surface area contributed by atoms with Crippen LogP contribution in [0.15, 0.2) is 132 Å². The number of fused-ring (bicyclic) bond motifs is 11. The number of anilines is 1. The van der Waals surface area contributed by atoms with Crippen LogP contribution in [0.2, 0.25) is 0 Å². The molecule has 2 heterocycles. The predicted molar refractivity (Wildman–Crippen MR) is 172 cm³/mol. The Kier molecular flexibility index (Phi) is 4.58. The third-order valence-electron chi connectivity index (χ3n) is 8.86. The molecule has 1 unspecified atom stereocenters. The van der Waals surface area contributed by atoms with Gasteiger partial charge in [-0.05, 0) is 30.0 Å². The Balaban J connectivity index is 1.46. The van der Waals surface area contributed by atoms with Gasteiger partial charge < -0.3 is 5.32 Å². The fourth-order valence-corrected chi connectivity index (χ4v) is 7.19. The van der Waals surface area contributed by atoms with E-state index in [1.807, 2.05) is 24.3 Å². The van der Waals surface area contributed by atoms with Crippen LogP contribution in [0.5, 0.6) is 0 Å². The van der Waals surface area contributed by atoms with Gasteiger partial charge in [0.15, 0.2) is 5.78 Å². The molecule has 198 valence electrons. The summed E-state index contributed by atoms with van der Waals surface area (Å²) in [5.74, 6) is -0.799. The van der Waals surface area contributed by atoms with E-state index in [1.165, 1.54) is 0 Å². The molecule has 0 radical (unpaired) electrons. The summed E-state index contributed by atoms with van der Waals surface area (Å²) in [5.41, 5.74) is 9.72. The number of benzene rings is 6. The van der Waals surface area contributed by atoms with Gasteiger partial charge in [0.1, 0.15) is 0 Å². The van der Waals surface area contributed by atoms with Crippen molar-refractivity contribution in [2.75, 3.05) is 5.32 Å². The van der Waals surface area contributed by atoms with Crippen LogP contribution in [0, 0.1) is 0 Å². The standard InChI is InChI=1S/C38H25N3O/c1-38(39-30-21-11-9-19-28(30)35(40-38)23-13-3-2-4-14-23)41-31-22-12-10-20-29(31)33-34-32(24-15-5-7-17-26(24)36(33)41)25-16-6-8-18-27(25)37(34)42/h2-22,39H,1H3. The second-order valence-corrected chi connectivity index (χ2v) is 11.3. The van der Waals surface area contributed by atoms with Crippen LogP contribution in [0.25, 0.3) is 43.7 Å². The highest BCUT2D eigenvalue weighted by molar-refractivity contribution is 6.37. The molecule has 4 heteroatoms. The number of rotatable bonds is 2. The van der Waals surface area contributed by atoms with Crippen LogP contribution in [0.1, 0.15) is 34.0 Å². The van der Waals surface area contributed by atoms with Gasteiger partial charge in [-0.3, -0.25) is 9.36 Å². The second-order valence-electron chi connectivity index (χ2n) is 11.3. The molecule has 1 aromatic heterocycles. The average molecular weight is 540 g/mol. The van der Waals surface area contributed by atoms with E-state index in [9.17, 15) is 4.79 Å². The first kappa shape index (κ1) is 23.2. The molecular weight excluding hydrogens is 514 g/mol. The van der Waals surface area contributed by atoms with Gasteiger partial charge in [0.2, 0.25) is 5.79 Å². The summed E-state index contributed by atoms with van der Waals surface area (Å²) in [5, 5.41) is 8.03. The molecule has 0 bridgehead atoms. The van der Waals surface area contributed by atoms with Gasteiger partial charge in [0, 0.05) is 49.7 Å². The van der Waals surface area contributed by atoms with Crippen LogP contribution in [0.4, 0.5) is 5.69 Å². The van der Waals surface area contributed by atoms with Gasteiger partial charge in [-0.1, -0.05) is 115 Å². The molecule has 2 aliphatic rings. The maximum absolute atomic E-state index is 14.2. The number of ketones is 1. The smallest absolute Gasteiger partial charge is 0.209 e. The molecule has 0 saturated carbocycles. The molecule has 0 amide bonds. The summed E-state index contributed by atoms with van der Waals surface area (Å²) in [6.07, 6.45) is 0. The minimum Gasteiger partial charge on any atom is -0.344 e. The average Bonchev–Trinajstić information content (AvgIpc) is 3.54. The molecule has 4 nitrogen and oxygen atoms in total. The van der Waals surface area contributed by atoms with E-state index in [2.05, 4.69) is 120 Å².